The Morgan fingerprint density at radius 2 is 1.64 bits per heavy atom. The first kappa shape index (κ1) is 46.2. The number of benzene rings is 4. The highest BCUT2D eigenvalue weighted by Gasteiger charge is 2.65. The van der Waals surface area contributed by atoms with Gasteiger partial charge in [-0.25, -0.2) is 4.79 Å². The predicted molar refractivity (Wildman–Crippen MR) is 240 cm³/mol. The fourth-order valence-corrected chi connectivity index (χ4v) is 9.69. The number of unbranched alkanes of at least 4 members (excludes halogenated alkanes) is 2. The van der Waals surface area contributed by atoms with Gasteiger partial charge in [0.1, 0.15) is 36.1 Å². The molecule has 0 spiro atoms. The van der Waals surface area contributed by atoms with E-state index in [1.807, 2.05) is 54.6 Å². The molecule has 15 nitrogen and oxygen atoms in total. The summed E-state index contributed by atoms with van der Waals surface area (Å²) in [5.41, 5.74) is 2.16. The molecule has 4 aromatic rings. The van der Waals surface area contributed by atoms with E-state index in [2.05, 4.69) is 23.9 Å². The number of nitro groups is 1. The smallest absolute Gasteiger partial charge is 0.415 e. The molecule has 1 aliphatic heterocycles. The summed E-state index contributed by atoms with van der Waals surface area (Å²) in [5, 5.41) is 47.6. The number of allylic oxidation sites excluding steroid dienone is 1. The van der Waals surface area contributed by atoms with E-state index < -0.39 is 28.8 Å². The SMILES string of the molecule is C=CCOC12Oc3ccc(Oc4ccc5ccccc5c4)cc3C3C(CCCCO)C(CCCCO)C=C(C(=NOC)CC1N(CCOCCO)C(=O)Oc1ccc([N+](=O)[O-])cc1)C32. The predicted octanol–water partition coefficient (Wildman–Crippen LogP) is 8.31. The van der Waals surface area contributed by atoms with Crippen molar-refractivity contribution >= 4 is 28.3 Å². The third kappa shape index (κ3) is 10.1. The van der Waals surface area contributed by atoms with Crippen LogP contribution in [0, 0.1) is 27.9 Å². The maximum atomic E-state index is 14.7. The summed E-state index contributed by atoms with van der Waals surface area (Å²) in [6.07, 6.45) is 7.47. The van der Waals surface area contributed by atoms with Crippen molar-refractivity contribution in [3.05, 3.63) is 125 Å². The molecule has 0 aromatic heterocycles. The number of fused-ring (bicyclic) bond motifs is 3. The lowest BCUT2D eigenvalue weighted by Crippen LogP contribution is -2.70. The summed E-state index contributed by atoms with van der Waals surface area (Å²) in [6.45, 7) is 3.94. The number of non-ortho nitro benzene ring substituents is 1. The molecular formula is C49H57N3O12. The fourth-order valence-electron chi connectivity index (χ4n) is 9.69. The van der Waals surface area contributed by atoms with Gasteiger partial charge in [0.25, 0.3) is 5.69 Å². The van der Waals surface area contributed by atoms with Crippen molar-refractivity contribution in [1.82, 2.24) is 4.90 Å². The first-order valence-electron chi connectivity index (χ1n) is 21.9. The van der Waals surface area contributed by atoms with Gasteiger partial charge in [0.15, 0.2) is 0 Å². The van der Waals surface area contributed by atoms with Crippen molar-refractivity contribution < 1.29 is 53.6 Å². The lowest BCUT2D eigenvalue weighted by molar-refractivity contribution is -0.384. The summed E-state index contributed by atoms with van der Waals surface area (Å²) in [7, 11) is 1.47. The van der Waals surface area contributed by atoms with Crippen LogP contribution in [0.1, 0.15) is 56.4 Å². The van der Waals surface area contributed by atoms with Crippen molar-refractivity contribution in [3.8, 4) is 23.0 Å². The monoisotopic (exact) mass is 879 g/mol. The molecule has 3 N–H and O–H groups in total. The second-order valence-electron chi connectivity index (χ2n) is 16.2. The number of aliphatic hydroxyl groups excluding tert-OH is 3. The number of carbonyl (C=O) groups excluding carboxylic acids is 1. The number of aliphatic hydroxyl groups is 3. The highest BCUT2D eigenvalue weighted by molar-refractivity contribution is 6.03. The van der Waals surface area contributed by atoms with Gasteiger partial charge in [-0.1, -0.05) is 60.5 Å². The van der Waals surface area contributed by atoms with Gasteiger partial charge >= 0.3 is 6.09 Å². The molecule has 6 atom stereocenters. The Hall–Kier alpha value is -5.84. The summed E-state index contributed by atoms with van der Waals surface area (Å²) >= 11 is 0. The van der Waals surface area contributed by atoms with E-state index in [1.54, 1.807) is 6.08 Å². The van der Waals surface area contributed by atoms with Crippen molar-refractivity contribution in [2.24, 2.45) is 22.9 Å². The highest BCUT2D eigenvalue weighted by Crippen LogP contribution is 2.62. The Morgan fingerprint density at radius 1 is 0.922 bits per heavy atom. The summed E-state index contributed by atoms with van der Waals surface area (Å²) in [4.78, 5) is 32.6. The Labute approximate surface area is 372 Å². The standard InChI is InChI=1S/C49H57N3O12/c1-3-26-61-49-45(51(22-27-60-28-25-55)48(56)63-37-18-15-36(16-19-37)52(57)58)32-43(50-59-2)41-30-35(12-6-8-23-53)40(13-7-9-24-54)46(47(41)49)42-31-39(20-21-44(42)64-49)62-38-17-14-33-10-4-5-11-34(33)29-38/h3-5,10-11,14-21,29-31,35,40,45-47,53-55H,1,6-9,12-13,22-28,32H2,2H3. The van der Waals surface area contributed by atoms with Gasteiger partial charge < -0.3 is 43.8 Å². The molecule has 7 rings (SSSR count). The largest absolute Gasteiger partial charge is 0.459 e. The minimum absolute atomic E-state index is 0.0142. The maximum Gasteiger partial charge on any atom is 0.415 e. The molecule has 1 heterocycles. The number of ether oxygens (including phenoxy) is 5. The first-order valence-corrected chi connectivity index (χ1v) is 21.9. The third-order valence-electron chi connectivity index (χ3n) is 12.4. The van der Waals surface area contributed by atoms with E-state index in [9.17, 15) is 30.2 Å². The number of hydrogen-bond donors (Lipinski definition) is 3. The quantitative estimate of drug-likeness (QED) is 0.0297. The minimum atomic E-state index is -1.58. The number of nitro benzene ring substituents is 1. The molecule has 1 saturated carbocycles. The van der Waals surface area contributed by atoms with Crippen LogP contribution in [0.25, 0.3) is 10.8 Å². The second-order valence-corrected chi connectivity index (χ2v) is 16.2. The van der Waals surface area contributed by atoms with E-state index in [0.29, 0.717) is 35.8 Å². The van der Waals surface area contributed by atoms with Crippen molar-refractivity contribution in [2.75, 3.05) is 53.3 Å². The summed E-state index contributed by atoms with van der Waals surface area (Å²) < 4.78 is 32.5. The fraction of sp³-hybridized carbons (Fsp3) is 0.429. The Kier molecular flexibility index (Phi) is 15.6. The molecule has 1 amide bonds. The van der Waals surface area contributed by atoms with Crippen molar-refractivity contribution in [2.45, 2.75) is 62.7 Å². The molecule has 6 unspecified atom stereocenters. The van der Waals surface area contributed by atoms with Gasteiger partial charge in [0, 0.05) is 49.8 Å². The van der Waals surface area contributed by atoms with Crippen LogP contribution < -0.4 is 14.2 Å². The van der Waals surface area contributed by atoms with Gasteiger partial charge in [-0.05, 0) is 96.3 Å². The van der Waals surface area contributed by atoms with Gasteiger partial charge in [0.05, 0.1) is 43.0 Å². The molecule has 4 aromatic carbocycles. The van der Waals surface area contributed by atoms with E-state index in [4.69, 9.17) is 28.5 Å². The molecule has 0 saturated heterocycles. The summed E-state index contributed by atoms with van der Waals surface area (Å²) in [6, 6.07) is 24.1. The van der Waals surface area contributed by atoms with Crippen molar-refractivity contribution in [1.29, 1.82) is 0 Å². The Morgan fingerprint density at radius 3 is 2.36 bits per heavy atom. The minimum Gasteiger partial charge on any atom is -0.459 e. The van der Waals surface area contributed by atoms with Gasteiger partial charge in [-0.3, -0.25) is 15.0 Å². The number of oxime groups is 1. The van der Waals surface area contributed by atoms with E-state index in [0.717, 1.165) is 47.6 Å². The van der Waals surface area contributed by atoms with Crippen LogP contribution in [0.15, 0.2) is 114 Å². The van der Waals surface area contributed by atoms with Crippen molar-refractivity contribution in [3.63, 3.8) is 0 Å². The van der Waals surface area contributed by atoms with Crippen LogP contribution in [0.3, 0.4) is 0 Å². The molecule has 3 aliphatic rings. The molecule has 15 heteroatoms. The van der Waals surface area contributed by atoms with E-state index >= 15 is 0 Å². The van der Waals surface area contributed by atoms with E-state index in [1.165, 1.54) is 36.3 Å². The van der Waals surface area contributed by atoms with Gasteiger partial charge in [-0.2, -0.15) is 0 Å². The normalized spacial score (nSPS) is 22.7. The Bertz CT molecular complexity index is 2300. The van der Waals surface area contributed by atoms with Crippen LogP contribution in [-0.2, 0) is 14.3 Å². The van der Waals surface area contributed by atoms with Crippen LogP contribution >= 0.6 is 0 Å². The van der Waals surface area contributed by atoms with Gasteiger partial charge in [0.2, 0.25) is 5.79 Å². The third-order valence-corrected chi connectivity index (χ3v) is 12.4. The molecule has 64 heavy (non-hydrogen) atoms. The molecule has 340 valence electrons. The van der Waals surface area contributed by atoms with E-state index in [-0.39, 0.29) is 81.8 Å². The van der Waals surface area contributed by atoms with Crippen LogP contribution in [0.2, 0.25) is 0 Å². The summed E-state index contributed by atoms with van der Waals surface area (Å²) in [5.74, 6) is -0.603. The molecule has 1 fully saturated rings. The van der Waals surface area contributed by atoms with Crippen LogP contribution in [-0.4, -0.2) is 102 Å². The number of amides is 1. The van der Waals surface area contributed by atoms with Crippen LogP contribution in [0.4, 0.5) is 10.5 Å². The topological polar surface area (TPSA) is 192 Å². The number of rotatable bonds is 22. The molecule has 2 aliphatic carbocycles. The zero-order valence-electron chi connectivity index (χ0n) is 36.1. The lowest BCUT2D eigenvalue weighted by atomic mass is 9.55. The molecular weight excluding hydrogens is 823 g/mol. The lowest BCUT2D eigenvalue weighted by Gasteiger charge is -2.59. The van der Waals surface area contributed by atoms with Gasteiger partial charge in [-0.15, -0.1) is 6.58 Å². The number of carbonyl (C=O) groups is 1. The first-order chi connectivity index (χ1) is 31.2. The average molecular weight is 880 g/mol. The second kappa shape index (κ2) is 21.7. The molecule has 0 bridgehead atoms. The average Bonchev–Trinajstić information content (AvgIpc) is 3.30. The number of hydrogen-bond acceptors (Lipinski definition) is 13. The maximum absolute atomic E-state index is 14.7. The zero-order chi connectivity index (χ0) is 45.1. The molecule has 0 radical (unpaired) electrons. The Balaban J connectivity index is 1.40. The van der Waals surface area contributed by atoms with Crippen LogP contribution in [0.5, 0.6) is 23.0 Å². The highest BCUT2D eigenvalue weighted by atomic mass is 16.7. The zero-order valence-corrected chi connectivity index (χ0v) is 36.1. The number of nitrogens with zero attached hydrogens (tertiary/aromatic N) is 3.